The van der Waals surface area contributed by atoms with Crippen molar-refractivity contribution in [1.82, 2.24) is 19.6 Å². The molecule has 150 valence electrons. The first-order valence-corrected chi connectivity index (χ1v) is 9.99. The standard InChI is InChI=1S/C16H17F3N6O2S/c1-2-3-8-28(26,27)24-12-6-4-11(5-7-12)22-14-9-13(16(17,18)19)23-15-20-10-21-25(14)15/h4-7,9-10,22,24H,2-3,8H2,1H3. The van der Waals surface area contributed by atoms with E-state index in [-0.39, 0.29) is 17.3 Å². The molecule has 2 aromatic heterocycles. The van der Waals surface area contributed by atoms with Gasteiger partial charge in [0.25, 0.3) is 5.78 Å². The number of halogens is 3. The SMILES string of the molecule is CCCCS(=O)(=O)Nc1ccc(Nc2cc(C(F)(F)F)nc3ncnn23)cc1. The topological polar surface area (TPSA) is 101 Å². The van der Waals surface area contributed by atoms with E-state index in [1.165, 1.54) is 24.3 Å². The molecule has 0 saturated carbocycles. The van der Waals surface area contributed by atoms with Crippen molar-refractivity contribution in [1.29, 1.82) is 0 Å². The van der Waals surface area contributed by atoms with Gasteiger partial charge in [-0.3, -0.25) is 4.72 Å². The van der Waals surface area contributed by atoms with Gasteiger partial charge in [0.05, 0.1) is 5.75 Å². The Morgan fingerprint density at radius 3 is 2.46 bits per heavy atom. The summed E-state index contributed by atoms with van der Waals surface area (Å²) in [6.45, 7) is 1.89. The van der Waals surface area contributed by atoms with Gasteiger partial charge in [0, 0.05) is 17.4 Å². The van der Waals surface area contributed by atoms with Crippen LogP contribution in [0.25, 0.3) is 5.78 Å². The summed E-state index contributed by atoms with van der Waals surface area (Å²) in [5, 5.41) is 6.67. The molecule has 0 aliphatic heterocycles. The molecule has 0 fully saturated rings. The number of nitrogens with one attached hydrogen (secondary N) is 2. The van der Waals surface area contributed by atoms with E-state index in [1.54, 1.807) is 0 Å². The molecule has 2 heterocycles. The summed E-state index contributed by atoms with van der Waals surface area (Å²) >= 11 is 0. The third-order valence-corrected chi connectivity index (χ3v) is 5.11. The Kier molecular flexibility index (Phi) is 5.40. The summed E-state index contributed by atoms with van der Waals surface area (Å²) in [5.41, 5.74) is -0.304. The van der Waals surface area contributed by atoms with Crippen LogP contribution in [0, 0.1) is 0 Å². The zero-order valence-electron chi connectivity index (χ0n) is 14.7. The van der Waals surface area contributed by atoms with Crippen LogP contribution in [0.5, 0.6) is 0 Å². The molecule has 0 aliphatic carbocycles. The number of fused-ring (bicyclic) bond motifs is 1. The van der Waals surface area contributed by atoms with Crippen LogP contribution in [0.15, 0.2) is 36.7 Å². The van der Waals surface area contributed by atoms with Crippen molar-refractivity contribution in [3.63, 3.8) is 0 Å². The smallest absolute Gasteiger partial charge is 0.340 e. The Morgan fingerprint density at radius 2 is 1.82 bits per heavy atom. The van der Waals surface area contributed by atoms with Gasteiger partial charge in [-0.1, -0.05) is 13.3 Å². The number of unbranched alkanes of at least 4 members (excludes halogenated alkanes) is 1. The first kappa shape index (κ1) is 19.9. The molecular weight excluding hydrogens is 397 g/mol. The first-order chi connectivity index (χ1) is 13.2. The highest BCUT2D eigenvalue weighted by Crippen LogP contribution is 2.30. The van der Waals surface area contributed by atoms with Crippen LogP contribution in [-0.4, -0.2) is 33.8 Å². The van der Waals surface area contributed by atoms with Crippen LogP contribution in [0.3, 0.4) is 0 Å². The van der Waals surface area contributed by atoms with E-state index in [0.717, 1.165) is 23.3 Å². The molecular formula is C16H17F3N6O2S. The van der Waals surface area contributed by atoms with E-state index in [1.807, 2.05) is 6.92 Å². The van der Waals surface area contributed by atoms with Crippen LogP contribution in [0.2, 0.25) is 0 Å². The minimum atomic E-state index is -4.63. The van der Waals surface area contributed by atoms with Crippen LogP contribution in [0.1, 0.15) is 25.5 Å². The first-order valence-electron chi connectivity index (χ1n) is 8.33. The van der Waals surface area contributed by atoms with Crippen molar-refractivity contribution in [3.8, 4) is 0 Å². The summed E-state index contributed by atoms with van der Waals surface area (Å²) in [6, 6.07) is 6.91. The summed E-state index contributed by atoms with van der Waals surface area (Å²) in [5.74, 6) is -0.158. The van der Waals surface area contributed by atoms with E-state index >= 15 is 0 Å². The second kappa shape index (κ2) is 7.62. The average molecular weight is 414 g/mol. The van der Waals surface area contributed by atoms with Crippen molar-refractivity contribution >= 4 is 33.0 Å². The van der Waals surface area contributed by atoms with E-state index in [2.05, 4.69) is 25.1 Å². The number of rotatable bonds is 7. The second-order valence-electron chi connectivity index (χ2n) is 5.97. The maximum atomic E-state index is 13.0. The fourth-order valence-corrected chi connectivity index (χ4v) is 3.65. The van der Waals surface area contributed by atoms with Crippen molar-refractivity contribution in [2.45, 2.75) is 25.9 Å². The maximum absolute atomic E-state index is 13.0. The molecule has 0 saturated heterocycles. The number of alkyl halides is 3. The predicted molar refractivity (Wildman–Crippen MR) is 97.8 cm³/mol. The molecule has 0 unspecified atom stereocenters. The Labute approximate surface area is 158 Å². The quantitative estimate of drug-likeness (QED) is 0.614. The van der Waals surface area contributed by atoms with Gasteiger partial charge in [-0.05, 0) is 30.7 Å². The van der Waals surface area contributed by atoms with Gasteiger partial charge in [-0.25, -0.2) is 13.4 Å². The van der Waals surface area contributed by atoms with Crippen molar-refractivity contribution in [3.05, 3.63) is 42.4 Å². The average Bonchev–Trinajstić information content (AvgIpc) is 3.10. The van der Waals surface area contributed by atoms with Gasteiger partial charge in [0.15, 0.2) is 5.69 Å². The molecule has 3 aromatic rings. The number of anilines is 3. The maximum Gasteiger partial charge on any atom is 0.433 e. The minimum Gasteiger partial charge on any atom is -0.340 e. The zero-order valence-corrected chi connectivity index (χ0v) is 15.5. The summed E-state index contributed by atoms with van der Waals surface area (Å²) in [4.78, 5) is 7.13. The third kappa shape index (κ3) is 4.68. The highest BCUT2D eigenvalue weighted by atomic mass is 32.2. The van der Waals surface area contributed by atoms with Gasteiger partial charge in [-0.15, -0.1) is 0 Å². The van der Waals surface area contributed by atoms with Crippen LogP contribution < -0.4 is 10.0 Å². The minimum absolute atomic E-state index is 0.0189. The molecule has 12 heteroatoms. The Hall–Kier alpha value is -2.89. The molecule has 28 heavy (non-hydrogen) atoms. The lowest BCUT2D eigenvalue weighted by molar-refractivity contribution is -0.141. The van der Waals surface area contributed by atoms with E-state index < -0.39 is 21.9 Å². The summed E-state index contributed by atoms with van der Waals surface area (Å²) in [7, 11) is -3.44. The molecule has 0 radical (unpaired) electrons. The molecule has 0 aliphatic rings. The Bertz CT molecular complexity index is 1060. The van der Waals surface area contributed by atoms with E-state index in [0.29, 0.717) is 17.8 Å². The summed E-state index contributed by atoms with van der Waals surface area (Å²) in [6.07, 6.45) is -2.23. The van der Waals surface area contributed by atoms with Gasteiger partial charge < -0.3 is 5.32 Å². The number of aromatic nitrogens is 4. The fourth-order valence-electron chi connectivity index (χ4n) is 2.38. The monoisotopic (exact) mass is 414 g/mol. The largest absolute Gasteiger partial charge is 0.433 e. The Morgan fingerprint density at radius 1 is 1.14 bits per heavy atom. The van der Waals surface area contributed by atoms with E-state index in [4.69, 9.17) is 0 Å². The molecule has 0 bridgehead atoms. The zero-order chi connectivity index (χ0) is 20.4. The molecule has 3 rings (SSSR count). The second-order valence-corrected chi connectivity index (χ2v) is 7.81. The summed E-state index contributed by atoms with van der Waals surface area (Å²) < 4.78 is 66.5. The van der Waals surface area contributed by atoms with Crippen molar-refractivity contribution in [2.75, 3.05) is 15.8 Å². The molecule has 8 nitrogen and oxygen atoms in total. The highest BCUT2D eigenvalue weighted by molar-refractivity contribution is 7.92. The van der Waals surface area contributed by atoms with Crippen LogP contribution in [0.4, 0.5) is 30.4 Å². The molecule has 0 spiro atoms. The molecule has 0 atom stereocenters. The number of sulfonamides is 1. The molecule has 1 aromatic carbocycles. The van der Waals surface area contributed by atoms with Crippen LogP contribution >= 0.6 is 0 Å². The fraction of sp³-hybridized carbons (Fsp3) is 0.312. The lowest BCUT2D eigenvalue weighted by Gasteiger charge is -2.12. The molecule has 2 N–H and O–H groups in total. The number of benzene rings is 1. The van der Waals surface area contributed by atoms with Crippen molar-refractivity contribution in [2.24, 2.45) is 0 Å². The van der Waals surface area contributed by atoms with Gasteiger partial charge >= 0.3 is 6.18 Å². The highest BCUT2D eigenvalue weighted by Gasteiger charge is 2.34. The lowest BCUT2D eigenvalue weighted by atomic mass is 10.3. The molecule has 0 amide bonds. The number of hydrogen-bond acceptors (Lipinski definition) is 6. The lowest BCUT2D eigenvalue weighted by Crippen LogP contribution is -2.16. The van der Waals surface area contributed by atoms with E-state index in [9.17, 15) is 21.6 Å². The van der Waals surface area contributed by atoms with Crippen LogP contribution in [-0.2, 0) is 16.2 Å². The van der Waals surface area contributed by atoms with Gasteiger partial charge in [-0.2, -0.15) is 27.8 Å². The Balaban J connectivity index is 1.82. The number of hydrogen-bond donors (Lipinski definition) is 2. The van der Waals surface area contributed by atoms with Gasteiger partial charge in [0.1, 0.15) is 12.1 Å². The number of nitrogens with zero attached hydrogens (tertiary/aromatic N) is 4. The normalized spacial score (nSPS) is 12.3. The van der Waals surface area contributed by atoms with Crippen molar-refractivity contribution < 1.29 is 21.6 Å². The van der Waals surface area contributed by atoms with Gasteiger partial charge in [0.2, 0.25) is 10.0 Å². The third-order valence-electron chi connectivity index (χ3n) is 3.74. The predicted octanol–water partition coefficient (Wildman–Crippen LogP) is 3.43.